The van der Waals surface area contributed by atoms with Crippen molar-refractivity contribution in [3.05, 3.63) is 47.0 Å². The number of aromatic nitrogens is 3. The fourth-order valence-corrected chi connectivity index (χ4v) is 2.51. The van der Waals surface area contributed by atoms with Gasteiger partial charge in [0.2, 0.25) is 0 Å². The van der Waals surface area contributed by atoms with Crippen molar-refractivity contribution >= 4 is 17.7 Å². The van der Waals surface area contributed by atoms with Gasteiger partial charge in [-0.3, -0.25) is 4.98 Å². The lowest BCUT2D eigenvalue weighted by Crippen LogP contribution is -2.02. The Morgan fingerprint density at radius 1 is 1.25 bits per heavy atom. The van der Waals surface area contributed by atoms with Gasteiger partial charge in [0.05, 0.1) is 18.4 Å². The second-order valence-corrected chi connectivity index (χ2v) is 5.19. The number of carbonyl (C=O) groups is 1. The number of hydrogen-bond acceptors (Lipinski definition) is 6. The minimum Gasteiger partial charge on any atom is -0.465 e. The summed E-state index contributed by atoms with van der Waals surface area (Å²) in [6.45, 7) is 3.89. The number of rotatable bonds is 4. The van der Waals surface area contributed by atoms with E-state index in [1.54, 1.807) is 6.07 Å². The molecule has 0 aliphatic rings. The lowest BCUT2D eigenvalue weighted by Gasteiger charge is -2.03. The summed E-state index contributed by atoms with van der Waals surface area (Å²) in [6, 6.07) is 5.45. The Balaban J connectivity index is 2.02. The summed E-state index contributed by atoms with van der Waals surface area (Å²) in [5.74, 6) is 0.277. The SMILES string of the molecule is COC(=O)c1ccc(CSc2nc(C)cc(C)n2)nc1. The van der Waals surface area contributed by atoms with Crippen molar-refractivity contribution in [1.29, 1.82) is 0 Å². The van der Waals surface area contributed by atoms with Gasteiger partial charge in [-0.05, 0) is 32.0 Å². The third-order valence-electron chi connectivity index (χ3n) is 2.56. The van der Waals surface area contributed by atoms with Crippen LogP contribution < -0.4 is 0 Å². The van der Waals surface area contributed by atoms with Gasteiger partial charge in [0.1, 0.15) is 0 Å². The predicted octanol–water partition coefficient (Wildman–Crippen LogP) is 2.57. The molecule has 0 N–H and O–H groups in total. The van der Waals surface area contributed by atoms with E-state index in [0.717, 1.165) is 22.2 Å². The maximum Gasteiger partial charge on any atom is 0.339 e. The molecule has 0 aliphatic heterocycles. The van der Waals surface area contributed by atoms with Crippen LogP contribution >= 0.6 is 11.8 Å². The zero-order valence-electron chi connectivity index (χ0n) is 11.6. The van der Waals surface area contributed by atoms with E-state index < -0.39 is 0 Å². The van der Waals surface area contributed by atoms with Crippen molar-refractivity contribution in [2.75, 3.05) is 7.11 Å². The summed E-state index contributed by atoms with van der Waals surface area (Å²) in [6.07, 6.45) is 1.52. The third kappa shape index (κ3) is 3.77. The topological polar surface area (TPSA) is 65.0 Å². The van der Waals surface area contributed by atoms with Gasteiger partial charge in [0, 0.05) is 23.3 Å². The molecule has 5 nitrogen and oxygen atoms in total. The molecule has 0 unspecified atom stereocenters. The Bertz CT molecular complexity index is 594. The summed E-state index contributed by atoms with van der Waals surface area (Å²) in [5.41, 5.74) is 3.22. The highest BCUT2D eigenvalue weighted by Gasteiger charge is 2.06. The van der Waals surface area contributed by atoms with Gasteiger partial charge >= 0.3 is 5.97 Å². The average molecular weight is 289 g/mol. The quantitative estimate of drug-likeness (QED) is 0.489. The molecule has 2 aromatic heterocycles. The van der Waals surface area contributed by atoms with Crippen LogP contribution in [0.3, 0.4) is 0 Å². The second-order valence-electron chi connectivity index (χ2n) is 4.25. The van der Waals surface area contributed by atoms with Gasteiger partial charge in [-0.2, -0.15) is 0 Å². The van der Waals surface area contributed by atoms with Crippen LogP contribution in [-0.2, 0) is 10.5 Å². The monoisotopic (exact) mass is 289 g/mol. The van der Waals surface area contributed by atoms with Crippen LogP contribution in [0.2, 0.25) is 0 Å². The lowest BCUT2D eigenvalue weighted by atomic mass is 10.2. The van der Waals surface area contributed by atoms with Gasteiger partial charge in [0.25, 0.3) is 0 Å². The number of ether oxygens (including phenoxy) is 1. The van der Waals surface area contributed by atoms with Crippen molar-refractivity contribution in [1.82, 2.24) is 15.0 Å². The predicted molar refractivity (Wildman–Crippen MR) is 76.6 cm³/mol. The van der Waals surface area contributed by atoms with E-state index in [4.69, 9.17) is 0 Å². The highest BCUT2D eigenvalue weighted by Crippen LogP contribution is 2.19. The van der Waals surface area contributed by atoms with E-state index in [9.17, 15) is 4.79 Å². The Morgan fingerprint density at radius 2 is 1.95 bits per heavy atom. The van der Waals surface area contributed by atoms with E-state index in [1.165, 1.54) is 25.1 Å². The van der Waals surface area contributed by atoms with Crippen molar-refractivity contribution < 1.29 is 9.53 Å². The largest absolute Gasteiger partial charge is 0.465 e. The van der Waals surface area contributed by atoms with Crippen LogP contribution in [0.5, 0.6) is 0 Å². The van der Waals surface area contributed by atoms with Crippen LogP contribution in [-0.4, -0.2) is 28.0 Å². The van der Waals surface area contributed by atoms with Crippen LogP contribution in [0.1, 0.15) is 27.4 Å². The Labute approximate surface area is 121 Å². The molecule has 0 radical (unpaired) electrons. The second kappa shape index (κ2) is 6.47. The number of thioether (sulfide) groups is 1. The summed E-state index contributed by atoms with van der Waals surface area (Å²) in [5, 5.41) is 0.737. The fraction of sp³-hybridized carbons (Fsp3) is 0.286. The highest BCUT2D eigenvalue weighted by atomic mass is 32.2. The Morgan fingerprint density at radius 3 is 2.50 bits per heavy atom. The van der Waals surface area contributed by atoms with E-state index in [0.29, 0.717) is 11.3 Å². The Hall–Kier alpha value is -1.95. The van der Waals surface area contributed by atoms with Crippen molar-refractivity contribution in [2.24, 2.45) is 0 Å². The molecule has 2 heterocycles. The molecule has 0 amide bonds. The summed E-state index contributed by atoms with van der Waals surface area (Å²) < 4.78 is 4.63. The van der Waals surface area contributed by atoms with E-state index in [1.807, 2.05) is 26.0 Å². The van der Waals surface area contributed by atoms with Crippen molar-refractivity contribution in [3.8, 4) is 0 Å². The average Bonchev–Trinajstić information content (AvgIpc) is 2.44. The molecule has 2 rings (SSSR count). The molecule has 20 heavy (non-hydrogen) atoms. The minimum absolute atomic E-state index is 0.380. The number of pyridine rings is 1. The molecule has 0 aliphatic carbocycles. The fourth-order valence-electron chi connectivity index (χ4n) is 1.65. The highest BCUT2D eigenvalue weighted by molar-refractivity contribution is 7.98. The molecule has 0 saturated carbocycles. The Kier molecular flexibility index (Phi) is 4.68. The number of carbonyl (C=O) groups excluding carboxylic acids is 1. The number of nitrogens with zero attached hydrogens (tertiary/aromatic N) is 3. The molecule has 0 bridgehead atoms. The van der Waals surface area contributed by atoms with Crippen LogP contribution in [0.15, 0.2) is 29.6 Å². The zero-order chi connectivity index (χ0) is 14.5. The van der Waals surface area contributed by atoms with Gasteiger partial charge in [-0.15, -0.1) is 0 Å². The first-order chi connectivity index (χ1) is 9.58. The molecule has 2 aromatic rings. The van der Waals surface area contributed by atoms with Crippen molar-refractivity contribution in [2.45, 2.75) is 24.8 Å². The van der Waals surface area contributed by atoms with Crippen LogP contribution in [0, 0.1) is 13.8 Å². The standard InChI is InChI=1S/C14H15N3O2S/c1-9-6-10(2)17-14(16-9)20-8-12-5-4-11(7-15-12)13(18)19-3/h4-7H,8H2,1-3H3. The van der Waals surface area contributed by atoms with E-state index in [2.05, 4.69) is 19.7 Å². The molecule has 0 aromatic carbocycles. The number of esters is 1. The molecule has 0 fully saturated rings. The molecular formula is C14H15N3O2S. The van der Waals surface area contributed by atoms with Gasteiger partial charge in [-0.1, -0.05) is 11.8 Å². The summed E-state index contributed by atoms with van der Waals surface area (Å²) >= 11 is 1.52. The molecule has 0 spiro atoms. The number of hydrogen-bond donors (Lipinski definition) is 0. The molecule has 6 heteroatoms. The maximum absolute atomic E-state index is 11.3. The smallest absolute Gasteiger partial charge is 0.339 e. The lowest BCUT2D eigenvalue weighted by molar-refractivity contribution is 0.0600. The minimum atomic E-state index is -0.380. The van der Waals surface area contributed by atoms with Gasteiger partial charge in [0.15, 0.2) is 5.16 Å². The first kappa shape index (κ1) is 14.5. The summed E-state index contributed by atoms with van der Waals surface area (Å²) in [4.78, 5) is 24.2. The van der Waals surface area contributed by atoms with Gasteiger partial charge < -0.3 is 4.74 Å². The molecule has 0 saturated heterocycles. The first-order valence-electron chi connectivity index (χ1n) is 6.07. The molecule has 104 valence electrons. The van der Waals surface area contributed by atoms with Crippen LogP contribution in [0.4, 0.5) is 0 Å². The molecular weight excluding hydrogens is 274 g/mol. The van der Waals surface area contributed by atoms with E-state index in [-0.39, 0.29) is 5.97 Å². The summed E-state index contributed by atoms with van der Waals surface area (Å²) in [7, 11) is 1.35. The third-order valence-corrected chi connectivity index (χ3v) is 3.44. The van der Waals surface area contributed by atoms with Crippen LogP contribution in [0.25, 0.3) is 0 Å². The number of aryl methyl sites for hydroxylation is 2. The first-order valence-corrected chi connectivity index (χ1v) is 7.05. The number of methoxy groups -OCH3 is 1. The maximum atomic E-state index is 11.3. The zero-order valence-corrected chi connectivity index (χ0v) is 12.4. The molecule has 0 atom stereocenters. The van der Waals surface area contributed by atoms with Gasteiger partial charge in [-0.25, -0.2) is 14.8 Å². The normalized spacial score (nSPS) is 10.3. The van der Waals surface area contributed by atoms with E-state index >= 15 is 0 Å². The van der Waals surface area contributed by atoms with Crippen molar-refractivity contribution in [3.63, 3.8) is 0 Å².